The molecule has 2 aliphatic rings. The quantitative estimate of drug-likeness (QED) is 0.235. The van der Waals surface area contributed by atoms with Crippen LogP contribution in [-0.2, 0) is 48.3 Å². The summed E-state index contributed by atoms with van der Waals surface area (Å²) in [6.45, 7) is 0.709. The number of fused-ring (bicyclic) bond motifs is 1. The first kappa shape index (κ1) is 29.2. The number of rotatable bonds is 11. The molecule has 0 aromatic heterocycles. The van der Waals surface area contributed by atoms with Crippen molar-refractivity contribution in [2.24, 2.45) is 0 Å². The molecule has 3 aromatic rings. The Morgan fingerprint density at radius 2 is 1.38 bits per heavy atom. The Kier molecular flexibility index (Phi) is 9.61. The maximum Gasteiger partial charge on any atom is 0.264 e. The fourth-order valence-electron chi connectivity index (χ4n) is 4.83. The number of halogens is 1. The van der Waals surface area contributed by atoms with Gasteiger partial charge in [-0.3, -0.25) is 4.18 Å². The summed E-state index contributed by atoms with van der Waals surface area (Å²) in [6, 6.07) is 22.9. The maximum atomic E-state index is 12.2. The first-order valence-electron chi connectivity index (χ1n) is 12.8. The molecule has 0 saturated heterocycles. The van der Waals surface area contributed by atoms with Gasteiger partial charge in [-0.2, -0.15) is 8.42 Å². The zero-order valence-electron chi connectivity index (χ0n) is 21.8. The summed E-state index contributed by atoms with van der Waals surface area (Å²) < 4.78 is 60.8. The normalized spacial score (nSPS) is 24.2. The molecule has 1 saturated carbocycles. The maximum absolute atomic E-state index is 12.2. The zero-order chi connectivity index (χ0) is 28.1. The minimum absolute atomic E-state index is 0.0133. The van der Waals surface area contributed by atoms with Crippen LogP contribution in [-0.4, -0.2) is 57.1 Å². The molecule has 1 aliphatic carbocycles. The minimum atomic E-state index is -3.87. The summed E-state index contributed by atoms with van der Waals surface area (Å²) in [4.78, 5) is 0. The van der Waals surface area contributed by atoms with Gasteiger partial charge >= 0.3 is 0 Å². The van der Waals surface area contributed by atoms with Gasteiger partial charge in [0.2, 0.25) is 6.79 Å². The third kappa shape index (κ3) is 7.52. The summed E-state index contributed by atoms with van der Waals surface area (Å²) >= 11 is 2.19. The molecule has 1 heterocycles. The van der Waals surface area contributed by atoms with E-state index in [1.54, 1.807) is 0 Å². The number of ether oxygens (including phenoxy) is 5. The van der Waals surface area contributed by atoms with E-state index in [9.17, 15) is 13.5 Å². The molecule has 0 bridgehead atoms. The molecule has 1 N–H and O–H groups in total. The lowest BCUT2D eigenvalue weighted by Gasteiger charge is -2.44. The van der Waals surface area contributed by atoms with Crippen LogP contribution in [0.5, 0.6) is 11.5 Å². The fraction of sp³-hybridized carbons (Fsp3) is 0.379. The number of hydrogen-bond donors (Lipinski definition) is 1. The van der Waals surface area contributed by atoms with Crippen LogP contribution in [0.2, 0.25) is 0 Å². The van der Waals surface area contributed by atoms with Crippen LogP contribution in [0.1, 0.15) is 23.1 Å². The van der Waals surface area contributed by atoms with Crippen LogP contribution in [0.25, 0.3) is 0 Å². The SMILES string of the molecule is CS(=O)(=O)O[C@@H]1C[C@H](O)[C@H](OCc2ccccc2)[C@@H](OCc2ccccc2)[C@@H]1OCc1cc2c(cc1I)OCO2. The van der Waals surface area contributed by atoms with E-state index < -0.39 is 40.6 Å². The molecule has 9 nitrogen and oxygen atoms in total. The molecule has 0 amide bonds. The van der Waals surface area contributed by atoms with E-state index in [0.717, 1.165) is 26.5 Å². The van der Waals surface area contributed by atoms with Gasteiger partial charge < -0.3 is 28.8 Å². The average molecular weight is 683 g/mol. The molecule has 0 spiro atoms. The standard InChI is InChI=1S/C29H31IO9S/c1-40(32,33)39-26-14-23(31)27(34-15-19-8-4-2-5-9-19)29(35-16-20-10-6-3-7-11-20)28(26)36-17-21-12-24-25(13-22(21)30)38-18-37-24/h2-13,23,26-29,31H,14-18H2,1H3/t23-,26+,27-,28+,29+/m0/s1. The summed E-state index contributed by atoms with van der Waals surface area (Å²) in [5.41, 5.74) is 2.67. The Morgan fingerprint density at radius 3 is 1.98 bits per heavy atom. The van der Waals surface area contributed by atoms with Crippen molar-refractivity contribution in [1.29, 1.82) is 0 Å². The number of hydrogen-bond acceptors (Lipinski definition) is 9. The largest absolute Gasteiger partial charge is 0.454 e. The second-order valence-corrected chi connectivity index (χ2v) is 12.5. The lowest BCUT2D eigenvalue weighted by molar-refractivity contribution is -0.226. The van der Waals surface area contributed by atoms with Crippen molar-refractivity contribution in [2.75, 3.05) is 13.0 Å². The number of aliphatic hydroxyl groups is 1. The van der Waals surface area contributed by atoms with E-state index in [1.807, 2.05) is 72.8 Å². The van der Waals surface area contributed by atoms with Gasteiger partial charge in [-0.25, -0.2) is 0 Å². The molecule has 3 aromatic carbocycles. The molecule has 5 atom stereocenters. The van der Waals surface area contributed by atoms with Gasteiger partial charge in [0.15, 0.2) is 11.5 Å². The first-order chi connectivity index (χ1) is 19.3. The third-order valence-corrected chi connectivity index (χ3v) is 8.31. The van der Waals surface area contributed by atoms with Gasteiger partial charge in [0.05, 0.1) is 32.2 Å². The smallest absolute Gasteiger partial charge is 0.264 e. The first-order valence-corrected chi connectivity index (χ1v) is 15.7. The molecular weight excluding hydrogens is 651 g/mol. The zero-order valence-corrected chi connectivity index (χ0v) is 24.8. The monoisotopic (exact) mass is 682 g/mol. The molecular formula is C29H31IO9S. The summed E-state index contributed by atoms with van der Waals surface area (Å²) in [7, 11) is -3.87. The van der Waals surface area contributed by atoms with Crippen molar-refractivity contribution in [1.82, 2.24) is 0 Å². The molecule has 40 heavy (non-hydrogen) atoms. The highest BCUT2D eigenvalue weighted by Crippen LogP contribution is 2.37. The average Bonchev–Trinajstić information content (AvgIpc) is 3.38. The highest BCUT2D eigenvalue weighted by atomic mass is 127. The minimum Gasteiger partial charge on any atom is -0.454 e. The van der Waals surface area contributed by atoms with Crippen molar-refractivity contribution in [3.8, 4) is 11.5 Å². The van der Waals surface area contributed by atoms with Crippen LogP contribution in [0.15, 0.2) is 72.8 Å². The highest BCUT2D eigenvalue weighted by Gasteiger charge is 2.48. The van der Waals surface area contributed by atoms with E-state index in [0.29, 0.717) is 11.5 Å². The Bertz CT molecular complexity index is 1370. The van der Waals surface area contributed by atoms with Crippen LogP contribution < -0.4 is 9.47 Å². The van der Waals surface area contributed by atoms with Gasteiger partial charge in [-0.05, 0) is 51.4 Å². The van der Waals surface area contributed by atoms with E-state index in [1.165, 1.54) is 0 Å². The Morgan fingerprint density at radius 1 is 0.825 bits per heavy atom. The molecule has 0 radical (unpaired) electrons. The molecule has 1 aliphatic heterocycles. The molecule has 1 fully saturated rings. The molecule has 214 valence electrons. The number of benzene rings is 3. The van der Waals surface area contributed by atoms with Gasteiger partial charge in [0.25, 0.3) is 10.1 Å². The Labute approximate surface area is 247 Å². The van der Waals surface area contributed by atoms with E-state index >= 15 is 0 Å². The van der Waals surface area contributed by atoms with Crippen LogP contribution in [0.4, 0.5) is 0 Å². The van der Waals surface area contributed by atoms with Crippen molar-refractivity contribution >= 4 is 32.7 Å². The lowest BCUT2D eigenvalue weighted by atomic mass is 9.86. The topological polar surface area (TPSA) is 110 Å². The lowest BCUT2D eigenvalue weighted by Crippen LogP contribution is -2.59. The van der Waals surface area contributed by atoms with Crippen molar-refractivity contribution in [3.63, 3.8) is 0 Å². The van der Waals surface area contributed by atoms with Crippen molar-refractivity contribution in [3.05, 3.63) is 93.1 Å². The number of aliphatic hydroxyl groups excluding tert-OH is 1. The fourth-order valence-corrected chi connectivity index (χ4v) is 6.06. The van der Waals surface area contributed by atoms with Crippen LogP contribution in [0.3, 0.4) is 0 Å². The van der Waals surface area contributed by atoms with E-state index in [-0.39, 0.29) is 33.0 Å². The van der Waals surface area contributed by atoms with Gasteiger partial charge in [0, 0.05) is 9.99 Å². The summed E-state index contributed by atoms with van der Waals surface area (Å²) in [6.07, 6.45) is -3.59. The van der Waals surface area contributed by atoms with Crippen molar-refractivity contribution < 1.29 is 41.4 Å². The predicted molar refractivity (Wildman–Crippen MR) is 154 cm³/mol. The van der Waals surface area contributed by atoms with Crippen molar-refractivity contribution in [2.45, 2.75) is 56.8 Å². The van der Waals surface area contributed by atoms with Gasteiger partial charge in [-0.15, -0.1) is 0 Å². The van der Waals surface area contributed by atoms with E-state index in [4.69, 9.17) is 27.9 Å². The second kappa shape index (κ2) is 13.1. The van der Waals surface area contributed by atoms with Crippen LogP contribution in [0, 0.1) is 3.57 Å². The molecule has 11 heteroatoms. The Balaban J connectivity index is 1.43. The van der Waals surface area contributed by atoms with Gasteiger partial charge in [0.1, 0.15) is 24.4 Å². The summed E-state index contributed by atoms with van der Waals surface area (Å²) in [5.74, 6) is 1.27. The third-order valence-electron chi connectivity index (χ3n) is 6.71. The second-order valence-electron chi connectivity index (χ2n) is 9.74. The summed E-state index contributed by atoms with van der Waals surface area (Å²) in [5, 5.41) is 11.2. The van der Waals surface area contributed by atoms with Gasteiger partial charge in [-0.1, -0.05) is 60.7 Å². The van der Waals surface area contributed by atoms with Crippen LogP contribution >= 0.6 is 22.6 Å². The molecule has 5 rings (SSSR count). The Hall–Kier alpha value is -2.26. The predicted octanol–water partition coefficient (Wildman–Crippen LogP) is 4.19. The van der Waals surface area contributed by atoms with E-state index in [2.05, 4.69) is 22.6 Å². The highest BCUT2D eigenvalue weighted by molar-refractivity contribution is 14.1. The molecule has 0 unspecified atom stereocenters.